The molecule has 1 aromatic carbocycles. The standard InChI is InChI=1S/C10H9BrClN/c1-2-3-10(13)8-5-4-7(11)6-9(8)12/h1,4-6,10H,3,13H2. The monoisotopic (exact) mass is 257 g/mol. The van der Waals surface area contributed by atoms with E-state index in [0.29, 0.717) is 11.4 Å². The van der Waals surface area contributed by atoms with E-state index in [9.17, 15) is 0 Å². The second kappa shape index (κ2) is 4.66. The van der Waals surface area contributed by atoms with E-state index in [-0.39, 0.29) is 6.04 Å². The molecule has 0 radical (unpaired) electrons. The molecule has 0 aliphatic rings. The van der Waals surface area contributed by atoms with Crippen LogP contribution in [0, 0.1) is 12.3 Å². The van der Waals surface area contributed by atoms with E-state index in [0.717, 1.165) is 10.0 Å². The van der Waals surface area contributed by atoms with Crippen molar-refractivity contribution in [2.45, 2.75) is 12.5 Å². The van der Waals surface area contributed by atoms with Crippen LogP contribution >= 0.6 is 27.5 Å². The molecule has 0 saturated heterocycles. The van der Waals surface area contributed by atoms with Gasteiger partial charge < -0.3 is 5.73 Å². The van der Waals surface area contributed by atoms with Crippen molar-refractivity contribution >= 4 is 27.5 Å². The van der Waals surface area contributed by atoms with Crippen molar-refractivity contribution in [3.63, 3.8) is 0 Å². The zero-order valence-electron chi connectivity index (χ0n) is 6.93. The summed E-state index contributed by atoms with van der Waals surface area (Å²) in [6.45, 7) is 0. The lowest BCUT2D eigenvalue weighted by Gasteiger charge is -2.10. The molecule has 0 aromatic heterocycles. The van der Waals surface area contributed by atoms with Crippen LogP contribution < -0.4 is 5.73 Å². The molecule has 0 bridgehead atoms. The number of nitrogens with two attached hydrogens (primary N) is 1. The van der Waals surface area contributed by atoms with E-state index in [2.05, 4.69) is 21.9 Å². The third-order valence-corrected chi connectivity index (χ3v) is 2.52. The van der Waals surface area contributed by atoms with Crippen LogP contribution in [0.4, 0.5) is 0 Å². The van der Waals surface area contributed by atoms with Crippen molar-refractivity contribution in [2.24, 2.45) is 5.73 Å². The minimum absolute atomic E-state index is 0.175. The number of rotatable bonds is 2. The van der Waals surface area contributed by atoms with Gasteiger partial charge in [0.2, 0.25) is 0 Å². The topological polar surface area (TPSA) is 26.0 Å². The molecule has 1 aromatic rings. The first kappa shape index (κ1) is 10.6. The van der Waals surface area contributed by atoms with Gasteiger partial charge in [0.25, 0.3) is 0 Å². The summed E-state index contributed by atoms with van der Waals surface area (Å²) in [5.41, 5.74) is 6.71. The molecular formula is C10H9BrClN. The molecule has 0 spiro atoms. The van der Waals surface area contributed by atoms with Crippen molar-refractivity contribution in [2.75, 3.05) is 0 Å². The highest BCUT2D eigenvalue weighted by atomic mass is 79.9. The average molecular weight is 259 g/mol. The minimum atomic E-state index is -0.175. The lowest BCUT2D eigenvalue weighted by Crippen LogP contribution is -2.09. The largest absolute Gasteiger partial charge is 0.323 e. The van der Waals surface area contributed by atoms with Crippen molar-refractivity contribution in [1.82, 2.24) is 0 Å². The summed E-state index contributed by atoms with van der Waals surface area (Å²) in [6, 6.07) is 5.42. The maximum absolute atomic E-state index is 5.98. The van der Waals surface area contributed by atoms with Crippen LogP contribution in [0.5, 0.6) is 0 Å². The van der Waals surface area contributed by atoms with Crippen LogP contribution in [-0.4, -0.2) is 0 Å². The fourth-order valence-electron chi connectivity index (χ4n) is 1.04. The second-order valence-electron chi connectivity index (χ2n) is 2.68. The lowest BCUT2D eigenvalue weighted by atomic mass is 10.1. The van der Waals surface area contributed by atoms with Gasteiger partial charge in [-0.3, -0.25) is 0 Å². The molecule has 0 fully saturated rings. The summed E-state index contributed by atoms with van der Waals surface area (Å²) in [5, 5.41) is 0.650. The summed E-state index contributed by atoms with van der Waals surface area (Å²) < 4.78 is 0.939. The quantitative estimate of drug-likeness (QED) is 0.811. The molecule has 3 heteroatoms. The van der Waals surface area contributed by atoms with E-state index in [1.807, 2.05) is 18.2 Å². The first-order valence-electron chi connectivity index (χ1n) is 3.79. The highest BCUT2D eigenvalue weighted by Crippen LogP contribution is 2.26. The summed E-state index contributed by atoms with van der Waals surface area (Å²) in [5.74, 6) is 2.51. The van der Waals surface area contributed by atoms with Gasteiger partial charge in [0.1, 0.15) is 0 Å². The highest BCUT2D eigenvalue weighted by Gasteiger charge is 2.08. The molecule has 0 amide bonds. The Balaban J connectivity index is 2.96. The number of benzene rings is 1. The van der Waals surface area contributed by atoms with E-state index in [1.54, 1.807) is 0 Å². The highest BCUT2D eigenvalue weighted by molar-refractivity contribution is 9.10. The Morgan fingerprint density at radius 3 is 2.85 bits per heavy atom. The van der Waals surface area contributed by atoms with Crippen LogP contribution in [0.1, 0.15) is 18.0 Å². The van der Waals surface area contributed by atoms with Gasteiger partial charge in [-0.05, 0) is 17.7 Å². The van der Waals surface area contributed by atoms with Crippen molar-refractivity contribution in [3.8, 4) is 12.3 Å². The Morgan fingerprint density at radius 2 is 2.31 bits per heavy atom. The molecule has 68 valence electrons. The zero-order valence-corrected chi connectivity index (χ0v) is 9.27. The van der Waals surface area contributed by atoms with E-state index in [1.165, 1.54) is 0 Å². The summed E-state index contributed by atoms with van der Waals surface area (Å²) in [7, 11) is 0. The Hall–Kier alpha value is -0.490. The van der Waals surface area contributed by atoms with Crippen molar-refractivity contribution in [3.05, 3.63) is 33.3 Å². The molecule has 13 heavy (non-hydrogen) atoms. The van der Waals surface area contributed by atoms with Crippen LogP contribution in [0.2, 0.25) is 5.02 Å². The lowest BCUT2D eigenvalue weighted by molar-refractivity contribution is 0.755. The Bertz CT molecular complexity index is 343. The molecule has 0 aliphatic heterocycles. The number of halogens is 2. The van der Waals surface area contributed by atoms with Gasteiger partial charge in [0, 0.05) is 22.0 Å². The van der Waals surface area contributed by atoms with Gasteiger partial charge in [0.05, 0.1) is 0 Å². The maximum Gasteiger partial charge on any atom is 0.0465 e. The zero-order chi connectivity index (χ0) is 9.84. The van der Waals surface area contributed by atoms with E-state index < -0.39 is 0 Å². The van der Waals surface area contributed by atoms with Gasteiger partial charge in [-0.15, -0.1) is 12.3 Å². The first-order valence-corrected chi connectivity index (χ1v) is 4.96. The van der Waals surface area contributed by atoms with Crippen LogP contribution in [-0.2, 0) is 0 Å². The van der Waals surface area contributed by atoms with E-state index >= 15 is 0 Å². The predicted octanol–water partition coefficient (Wildman–Crippen LogP) is 3.13. The van der Waals surface area contributed by atoms with Gasteiger partial charge in [-0.1, -0.05) is 33.6 Å². The summed E-state index contributed by atoms with van der Waals surface area (Å²) >= 11 is 9.30. The molecule has 2 N–H and O–H groups in total. The third kappa shape index (κ3) is 2.73. The molecule has 0 aliphatic carbocycles. The molecule has 0 saturated carbocycles. The van der Waals surface area contributed by atoms with Gasteiger partial charge >= 0.3 is 0 Å². The Kier molecular flexibility index (Phi) is 3.80. The fourth-order valence-corrected chi connectivity index (χ4v) is 1.85. The van der Waals surface area contributed by atoms with Crippen molar-refractivity contribution in [1.29, 1.82) is 0 Å². The fraction of sp³-hybridized carbons (Fsp3) is 0.200. The van der Waals surface area contributed by atoms with Gasteiger partial charge in [0.15, 0.2) is 0 Å². The van der Waals surface area contributed by atoms with Crippen molar-refractivity contribution < 1.29 is 0 Å². The third-order valence-electron chi connectivity index (χ3n) is 1.70. The summed E-state index contributed by atoms with van der Waals surface area (Å²) in [4.78, 5) is 0. The molecule has 1 unspecified atom stereocenters. The van der Waals surface area contributed by atoms with E-state index in [4.69, 9.17) is 23.8 Å². The van der Waals surface area contributed by atoms with Crippen LogP contribution in [0.15, 0.2) is 22.7 Å². The van der Waals surface area contributed by atoms with Crippen LogP contribution in [0.3, 0.4) is 0 Å². The number of terminal acetylenes is 1. The smallest absolute Gasteiger partial charge is 0.0465 e. The first-order chi connectivity index (χ1) is 6.15. The Morgan fingerprint density at radius 1 is 1.62 bits per heavy atom. The average Bonchev–Trinajstić information content (AvgIpc) is 2.04. The van der Waals surface area contributed by atoms with Crippen LogP contribution in [0.25, 0.3) is 0 Å². The number of hydrogen-bond acceptors (Lipinski definition) is 1. The SMILES string of the molecule is C#CCC(N)c1ccc(Br)cc1Cl. The second-order valence-corrected chi connectivity index (χ2v) is 4.00. The molecular weight excluding hydrogens is 249 g/mol. The Labute approximate surface area is 91.4 Å². The minimum Gasteiger partial charge on any atom is -0.323 e. The predicted molar refractivity (Wildman–Crippen MR) is 59.5 cm³/mol. The number of hydrogen-bond donors (Lipinski definition) is 1. The molecule has 1 rings (SSSR count). The normalized spacial score (nSPS) is 12.2. The van der Waals surface area contributed by atoms with Gasteiger partial charge in [-0.25, -0.2) is 0 Å². The molecule has 1 nitrogen and oxygen atoms in total. The summed E-state index contributed by atoms with van der Waals surface area (Å²) in [6.07, 6.45) is 5.67. The molecule has 1 atom stereocenters. The maximum atomic E-state index is 5.98. The van der Waals surface area contributed by atoms with Gasteiger partial charge in [-0.2, -0.15) is 0 Å². The molecule has 0 heterocycles.